The molecule has 0 aliphatic heterocycles. The molecule has 0 aromatic rings. The molecule has 1 heteroatoms. The van der Waals surface area contributed by atoms with Crippen LogP contribution < -0.4 is 0 Å². The van der Waals surface area contributed by atoms with Crippen LogP contribution in [0.25, 0.3) is 0 Å². The second-order valence-corrected chi connectivity index (χ2v) is 6.10. The fourth-order valence-electron chi connectivity index (χ4n) is 0. The molecule has 0 radical (unpaired) electrons. The van der Waals surface area contributed by atoms with E-state index < -0.39 is 0 Å². The second-order valence-electron chi connectivity index (χ2n) is 3.52. The van der Waals surface area contributed by atoms with E-state index in [0.29, 0.717) is 2.66 Å². The molecule has 0 aliphatic rings. The van der Waals surface area contributed by atoms with Crippen molar-refractivity contribution in [3.8, 4) is 0 Å². The summed E-state index contributed by atoms with van der Waals surface area (Å²) in [7, 11) is 0. The molecule has 0 heterocycles. The molecule has 0 aromatic carbocycles. The molecule has 0 spiro atoms. The van der Waals surface area contributed by atoms with E-state index in [1.807, 2.05) is 0 Å². The SMILES string of the molecule is CC(C)[C](C)(C)[Na]. The Morgan fingerprint density at radius 2 is 1.43 bits per heavy atom. The summed E-state index contributed by atoms with van der Waals surface area (Å²) in [6, 6.07) is 0. The van der Waals surface area contributed by atoms with E-state index in [9.17, 15) is 0 Å². The first-order chi connectivity index (χ1) is 2.94. The number of rotatable bonds is 1. The minimum absolute atomic E-state index is 0.639. The molecule has 0 bridgehead atoms. The molecule has 0 saturated carbocycles. The van der Waals surface area contributed by atoms with Crippen LogP contribution in [0.2, 0.25) is 2.66 Å². The van der Waals surface area contributed by atoms with Crippen LogP contribution in [-0.2, 0) is 0 Å². The topological polar surface area (TPSA) is 0 Å². The van der Waals surface area contributed by atoms with Gasteiger partial charge >= 0.3 is 64.2 Å². The third kappa shape index (κ3) is 3.57. The third-order valence-corrected chi connectivity index (χ3v) is 2.89. The predicted molar refractivity (Wildman–Crippen MR) is 34.6 cm³/mol. The van der Waals surface area contributed by atoms with Crippen LogP contribution in [0.1, 0.15) is 27.7 Å². The van der Waals surface area contributed by atoms with E-state index in [2.05, 4.69) is 27.7 Å². The first-order valence-electron chi connectivity index (χ1n) is 2.94. The predicted octanol–water partition coefficient (Wildman–Crippen LogP) is 2.01. The third-order valence-electron chi connectivity index (χ3n) is 1.73. The molecular weight excluding hydrogens is 95.1 g/mol. The molecule has 0 saturated heterocycles. The van der Waals surface area contributed by atoms with Gasteiger partial charge in [0.1, 0.15) is 0 Å². The maximum absolute atomic E-state index is 2.32. The van der Waals surface area contributed by atoms with Gasteiger partial charge in [0.25, 0.3) is 0 Å². The van der Waals surface area contributed by atoms with Crippen molar-refractivity contribution in [2.75, 3.05) is 0 Å². The molecule has 0 nitrogen and oxygen atoms in total. The van der Waals surface area contributed by atoms with Crippen molar-refractivity contribution < 1.29 is 0 Å². The molecule has 0 aliphatic carbocycles. The Balaban J connectivity index is 3.54. The summed E-state index contributed by atoms with van der Waals surface area (Å²) in [5, 5.41) is 0. The van der Waals surface area contributed by atoms with Crippen LogP contribution in [0.5, 0.6) is 0 Å². The van der Waals surface area contributed by atoms with Gasteiger partial charge < -0.3 is 0 Å². The average molecular weight is 108 g/mol. The van der Waals surface area contributed by atoms with E-state index in [-0.39, 0.29) is 0 Å². The van der Waals surface area contributed by atoms with Crippen LogP contribution in [0.15, 0.2) is 0 Å². The molecule has 0 amide bonds. The summed E-state index contributed by atoms with van der Waals surface area (Å²) >= 11 is 1.31. The number of hydrogen-bond acceptors (Lipinski definition) is 0. The summed E-state index contributed by atoms with van der Waals surface area (Å²) in [5.41, 5.74) is 0. The summed E-state index contributed by atoms with van der Waals surface area (Å²) in [5.74, 6) is 0.860. The normalized spacial score (nSPS) is 13.0. The van der Waals surface area contributed by atoms with Crippen molar-refractivity contribution in [1.82, 2.24) is 0 Å². The summed E-state index contributed by atoms with van der Waals surface area (Å²) in [4.78, 5) is 0. The maximum atomic E-state index is 2.32. The fraction of sp³-hybridized carbons (Fsp3) is 1.00. The molecule has 0 rings (SSSR count). The Labute approximate surface area is 64.1 Å². The van der Waals surface area contributed by atoms with Crippen molar-refractivity contribution in [2.24, 2.45) is 5.92 Å². The van der Waals surface area contributed by atoms with Gasteiger partial charge in [-0.15, -0.1) is 0 Å². The summed E-state index contributed by atoms with van der Waals surface area (Å²) in [6.45, 7) is 9.22. The Hall–Kier alpha value is 1.00. The second kappa shape index (κ2) is 2.52. The van der Waals surface area contributed by atoms with E-state index >= 15 is 0 Å². The van der Waals surface area contributed by atoms with Gasteiger partial charge in [0, 0.05) is 0 Å². The van der Waals surface area contributed by atoms with E-state index in [4.69, 9.17) is 0 Å². The molecule has 38 valence electrons. The first kappa shape index (κ1) is 8.00. The van der Waals surface area contributed by atoms with Crippen molar-refractivity contribution in [3.63, 3.8) is 0 Å². The standard InChI is InChI=1S/C6H13.Na/c1-5(2)6(3)4;/h5H,1-4H3;. The van der Waals surface area contributed by atoms with Gasteiger partial charge in [0.15, 0.2) is 0 Å². The van der Waals surface area contributed by atoms with Crippen molar-refractivity contribution in [1.29, 1.82) is 0 Å². The monoisotopic (exact) mass is 108 g/mol. The molecule has 0 fully saturated rings. The van der Waals surface area contributed by atoms with Gasteiger partial charge in [0.2, 0.25) is 0 Å². The number of hydrogen-bond donors (Lipinski definition) is 0. The van der Waals surface area contributed by atoms with Crippen molar-refractivity contribution >= 4 is 27.9 Å². The Kier molecular flexibility index (Phi) is 2.88. The van der Waals surface area contributed by atoms with Crippen molar-refractivity contribution in [2.45, 2.75) is 30.4 Å². The summed E-state index contributed by atoms with van der Waals surface area (Å²) in [6.07, 6.45) is 0. The van der Waals surface area contributed by atoms with Crippen LogP contribution in [0, 0.1) is 5.92 Å². The first-order valence-corrected chi connectivity index (χ1v) is 3.94. The fourth-order valence-corrected chi connectivity index (χ4v) is 0. The van der Waals surface area contributed by atoms with E-state index in [1.54, 1.807) is 0 Å². The van der Waals surface area contributed by atoms with Gasteiger partial charge in [-0.25, -0.2) is 0 Å². The van der Waals surface area contributed by atoms with Gasteiger partial charge in [0.05, 0.1) is 0 Å². The molecule has 0 atom stereocenters. The summed E-state index contributed by atoms with van der Waals surface area (Å²) < 4.78 is 0.639. The van der Waals surface area contributed by atoms with Gasteiger partial charge in [-0.05, 0) is 0 Å². The van der Waals surface area contributed by atoms with Crippen LogP contribution in [0.4, 0.5) is 0 Å². The van der Waals surface area contributed by atoms with E-state index in [0.717, 1.165) is 5.92 Å². The molecular formula is C6H13Na. The molecule has 0 unspecified atom stereocenters. The van der Waals surface area contributed by atoms with Gasteiger partial charge in [-0.2, -0.15) is 0 Å². The average Bonchev–Trinajstić information content (AvgIpc) is 1.31. The molecule has 0 N–H and O–H groups in total. The molecule has 7 heavy (non-hydrogen) atoms. The van der Waals surface area contributed by atoms with Crippen LogP contribution in [-0.4, -0.2) is 27.9 Å². The van der Waals surface area contributed by atoms with Crippen molar-refractivity contribution in [3.05, 3.63) is 0 Å². The Morgan fingerprint density at radius 1 is 1.29 bits per heavy atom. The van der Waals surface area contributed by atoms with Gasteiger partial charge in [-0.1, -0.05) is 0 Å². The zero-order chi connectivity index (χ0) is 6.08. The quantitative estimate of drug-likeness (QED) is 0.451. The van der Waals surface area contributed by atoms with Crippen LogP contribution >= 0.6 is 0 Å². The molecule has 0 aromatic heterocycles. The van der Waals surface area contributed by atoms with E-state index in [1.165, 1.54) is 27.9 Å². The zero-order valence-electron chi connectivity index (χ0n) is 6.08. The van der Waals surface area contributed by atoms with Crippen LogP contribution in [0.3, 0.4) is 0 Å². The Bertz CT molecular complexity index is 49.7. The minimum atomic E-state index is 0.639. The van der Waals surface area contributed by atoms with Gasteiger partial charge in [-0.3, -0.25) is 0 Å². The zero-order valence-corrected chi connectivity index (χ0v) is 8.08. The Morgan fingerprint density at radius 3 is 1.43 bits per heavy atom.